The number of sulfonamides is 1. The van der Waals surface area contributed by atoms with E-state index in [1.807, 2.05) is 0 Å². The van der Waals surface area contributed by atoms with Crippen LogP contribution < -0.4 is 9.73 Å². The highest BCUT2D eigenvalue weighted by molar-refractivity contribution is 7.92. The van der Waals surface area contributed by atoms with Crippen LogP contribution >= 0.6 is 11.6 Å². The number of carbonyl (C=O) groups excluding carboxylic acids is 1. The Morgan fingerprint density at radius 1 is 1.03 bits per heavy atom. The monoisotopic (exact) mass is 485 g/mol. The number of aromatic carboxylic acids is 1. The molecule has 1 amide bonds. The highest BCUT2D eigenvalue weighted by atomic mass is 35.5. The average Bonchev–Trinajstić information content (AvgIpc) is 2.78. The van der Waals surface area contributed by atoms with Crippen LogP contribution in [-0.4, -0.2) is 37.9 Å². The van der Waals surface area contributed by atoms with Crippen LogP contribution in [0.5, 0.6) is 0 Å². The number of anilines is 1. The van der Waals surface area contributed by atoms with Crippen LogP contribution in [0.25, 0.3) is 0 Å². The lowest BCUT2D eigenvalue weighted by atomic mass is 10.1. The summed E-state index contributed by atoms with van der Waals surface area (Å²) in [4.78, 5) is 23.6. The van der Waals surface area contributed by atoms with E-state index in [1.54, 1.807) is 42.5 Å². The molecule has 0 aromatic heterocycles. The Morgan fingerprint density at radius 3 is 2.27 bits per heavy atom. The first-order valence-corrected chi connectivity index (χ1v) is 11.9. The van der Waals surface area contributed by atoms with Gasteiger partial charge in [-0.15, -0.1) is 0 Å². The number of nitrogens with zero attached hydrogens (tertiary/aromatic N) is 2. The number of carbonyl (C=O) groups is 2. The SMILES string of the molecule is CS(=O)(=O)N(Cc1ccc(Cl)cc1)c1ccc(C(=O)N/N=C/c2ccccc2C(=O)O)cc1. The number of hydrazone groups is 1. The number of carboxylic acid groups (broad SMARTS) is 1. The summed E-state index contributed by atoms with van der Waals surface area (Å²) >= 11 is 5.89. The van der Waals surface area contributed by atoms with E-state index in [-0.39, 0.29) is 17.7 Å². The van der Waals surface area contributed by atoms with Gasteiger partial charge in [0.2, 0.25) is 10.0 Å². The number of nitrogens with one attached hydrogen (secondary N) is 1. The molecule has 0 spiro atoms. The zero-order chi connectivity index (χ0) is 24.0. The molecular weight excluding hydrogens is 466 g/mol. The first-order valence-electron chi connectivity index (χ1n) is 9.63. The van der Waals surface area contributed by atoms with Crippen molar-refractivity contribution in [2.24, 2.45) is 5.10 Å². The molecule has 170 valence electrons. The summed E-state index contributed by atoms with van der Waals surface area (Å²) in [7, 11) is -3.59. The lowest BCUT2D eigenvalue weighted by molar-refractivity contribution is 0.0696. The van der Waals surface area contributed by atoms with Gasteiger partial charge in [-0.05, 0) is 48.0 Å². The zero-order valence-electron chi connectivity index (χ0n) is 17.5. The van der Waals surface area contributed by atoms with E-state index in [9.17, 15) is 23.1 Å². The van der Waals surface area contributed by atoms with E-state index in [4.69, 9.17) is 11.6 Å². The van der Waals surface area contributed by atoms with Crippen molar-refractivity contribution in [2.75, 3.05) is 10.6 Å². The minimum atomic E-state index is -3.59. The van der Waals surface area contributed by atoms with Gasteiger partial charge < -0.3 is 5.11 Å². The second kappa shape index (κ2) is 10.3. The standard InChI is InChI=1S/C23H20ClN3O5S/c1-33(31,32)27(15-16-6-10-19(24)11-7-16)20-12-8-17(9-13-20)22(28)26-25-14-18-4-2-3-5-21(18)23(29)30/h2-14H,15H2,1H3,(H,26,28)(H,29,30)/b25-14+. The minimum absolute atomic E-state index is 0.0569. The van der Waals surface area contributed by atoms with Gasteiger partial charge in [0.1, 0.15) is 0 Å². The number of rotatable bonds is 8. The highest BCUT2D eigenvalue weighted by Gasteiger charge is 2.18. The van der Waals surface area contributed by atoms with Crippen molar-refractivity contribution < 1.29 is 23.1 Å². The number of carboxylic acids is 1. The predicted molar refractivity (Wildman–Crippen MR) is 127 cm³/mol. The maximum atomic E-state index is 12.4. The molecule has 0 atom stereocenters. The van der Waals surface area contributed by atoms with Crippen LogP contribution in [-0.2, 0) is 16.6 Å². The summed E-state index contributed by atoms with van der Waals surface area (Å²) in [6, 6.07) is 19.1. The summed E-state index contributed by atoms with van der Waals surface area (Å²) in [6.45, 7) is 0.106. The molecule has 3 aromatic rings. The molecule has 0 radical (unpaired) electrons. The van der Waals surface area contributed by atoms with Crippen LogP contribution in [0.3, 0.4) is 0 Å². The van der Waals surface area contributed by atoms with Gasteiger partial charge in [0, 0.05) is 16.1 Å². The van der Waals surface area contributed by atoms with Crippen LogP contribution in [0.2, 0.25) is 5.02 Å². The quantitative estimate of drug-likeness (QED) is 0.372. The molecule has 0 unspecified atom stereocenters. The molecule has 0 heterocycles. The smallest absolute Gasteiger partial charge is 0.336 e. The Morgan fingerprint density at radius 2 is 1.67 bits per heavy atom. The van der Waals surface area contributed by atoms with Crippen molar-refractivity contribution in [3.63, 3.8) is 0 Å². The topological polar surface area (TPSA) is 116 Å². The first-order chi connectivity index (χ1) is 15.6. The van der Waals surface area contributed by atoms with E-state index in [0.717, 1.165) is 11.8 Å². The van der Waals surface area contributed by atoms with Gasteiger partial charge in [-0.2, -0.15) is 5.10 Å². The van der Waals surface area contributed by atoms with Crippen molar-refractivity contribution in [2.45, 2.75) is 6.54 Å². The minimum Gasteiger partial charge on any atom is -0.478 e. The second-order valence-corrected chi connectivity index (χ2v) is 9.38. The average molecular weight is 486 g/mol. The van der Waals surface area contributed by atoms with Gasteiger partial charge in [0.25, 0.3) is 5.91 Å². The van der Waals surface area contributed by atoms with Crippen LogP contribution in [0.4, 0.5) is 5.69 Å². The number of amides is 1. The normalized spacial score (nSPS) is 11.3. The lowest BCUT2D eigenvalue weighted by Crippen LogP contribution is -2.29. The largest absolute Gasteiger partial charge is 0.478 e. The Hall–Kier alpha value is -3.69. The van der Waals surface area contributed by atoms with Crippen molar-refractivity contribution in [1.82, 2.24) is 5.43 Å². The molecule has 0 aliphatic heterocycles. The highest BCUT2D eigenvalue weighted by Crippen LogP contribution is 2.22. The van der Waals surface area contributed by atoms with E-state index in [2.05, 4.69) is 10.5 Å². The molecule has 3 aromatic carbocycles. The van der Waals surface area contributed by atoms with Gasteiger partial charge in [-0.3, -0.25) is 9.10 Å². The molecular formula is C23H20ClN3O5S. The maximum Gasteiger partial charge on any atom is 0.336 e. The summed E-state index contributed by atoms with van der Waals surface area (Å²) in [5.74, 6) is -1.64. The number of hydrogen-bond donors (Lipinski definition) is 2. The maximum absolute atomic E-state index is 12.4. The first kappa shape index (κ1) is 24.0. The fourth-order valence-electron chi connectivity index (χ4n) is 2.96. The molecule has 3 rings (SSSR count). The van der Waals surface area contributed by atoms with Crippen LogP contribution in [0.15, 0.2) is 77.9 Å². The summed E-state index contributed by atoms with van der Waals surface area (Å²) < 4.78 is 25.9. The number of benzene rings is 3. The Bertz CT molecular complexity index is 1290. The molecule has 0 aliphatic carbocycles. The van der Waals surface area contributed by atoms with E-state index >= 15 is 0 Å². The molecule has 0 fully saturated rings. The molecule has 0 bridgehead atoms. The molecule has 10 heteroatoms. The third kappa shape index (κ3) is 6.41. The fourth-order valence-corrected chi connectivity index (χ4v) is 3.98. The molecule has 0 aliphatic rings. The second-order valence-electron chi connectivity index (χ2n) is 7.03. The lowest BCUT2D eigenvalue weighted by Gasteiger charge is -2.22. The van der Waals surface area contributed by atoms with E-state index < -0.39 is 21.9 Å². The van der Waals surface area contributed by atoms with E-state index in [0.29, 0.717) is 16.3 Å². The zero-order valence-corrected chi connectivity index (χ0v) is 19.0. The van der Waals surface area contributed by atoms with Crippen molar-refractivity contribution in [3.05, 3.63) is 100 Å². The van der Waals surface area contributed by atoms with Crippen molar-refractivity contribution in [3.8, 4) is 0 Å². The van der Waals surface area contributed by atoms with Crippen molar-refractivity contribution in [1.29, 1.82) is 0 Å². The van der Waals surface area contributed by atoms with E-state index in [1.165, 1.54) is 40.9 Å². The molecule has 2 N–H and O–H groups in total. The third-order valence-corrected chi connectivity index (χ3v) is 6.01. The van der Waals surface area contributed by atoms with Gasteiger partial charge >= 0.3 is 5.97 Å². The number of hydrogen-bond acceptors (Lipinski definition) is 5. The molecule has 8 nitrogen and oxygen atoms in total. The van der Waals surface area contributed by atoms with Gasteiger partial charge in [0.15, 0.2) is 0 Å². The predicted octanol–water partition coefficient (Wildman–Crippen LogP) is 3.77. The van der Waals surface area contributed by atoms with Crippen molar-refractivity contribution >= 4 is 45.4 Å². The fraction of sp³-hybridized carbons (Fsp3) is 0.0870. The van der Waals surface area contributed by atoms with Gasteiger partial charge in [-0.25, -0.2) is 18.6 Å². The number of halogens is 1. The van der Waals surface area contributed by atoms with Crippen LogP contribution in [0, 0.1) is 0 Å². The molecule has 0 saturated carbocycles. The summed E-state index contributed by atoms with van der Waals surface area (Å²) in [5.41, 5.74) is 4.12. The third-order valence-electron chi connectivity index (χ3n) is 4.62. The summed E-state index contributed by atoms with van der Waals surface area (Å²) in [5, 5.41) is 13.5. The molecule has 0 saturated heterocycles. The van der Waals surface area contributed by atoms with Gasteiger partial charge in [0.05, 0.1) is 30.3 Å². The van der Waals surface area contributed by atoms with Crippen LogP contribution in [0.1, 0.15) is 31.8 Å². The molecule has 33 heavy (non-hydrogen) atoms. The Balaban J connectivity index is 1.73. The Kier molecular flexibility index (Phi) is 7.47. The Labute approximate surface area is 196 Å². The summed E-state index contributed by atoms with van der Waals surface area (Å²) in [6.07, 6.45) is 2.35. The van der Waals surface area contributed by atoms with Gasteiger partial charge in [-0.1, -0.05) is 41.9 Å².